The lowest BCUT2D eigenvalue weighted by Gasteiger charge is -2.37. The lowest BCUT2D eigenvalue weighted by Crippen LogP contribution is -2.57. The Kier molecular flexibility index (Phi) is 9.15. The van der Waals surface area contributed by atoms with Gasteiger partial charge in [-0.25, -0.2) is 4.79 Å². The number of nitrogens with one attached hydrogen (secondary N) is 2. The first-order valence-electron chi connectivity index (χ1n) is 11.6. The van der Waals surface area contributed by atoms with Crippen LogP contribution < -0.4 is 20.1 Å². The van der Waals surface area contributed by atoms with Gasteiger partial charge in [0.25, 0.3) is 0 Å². The van der Waals surface area contributed by atoms with Gasteiger partial charge in [0.05, 0.1) is 20.3 Å². The molecule has 3 N–H and O–H groups in total. The Balaban J connectivity index is 2.38. The summed E-state index contributed by atoms with van der Waals surface area (Å²) < 4.78 is 15.8. The van der Waals surface area contributed by atoms with Gasteiger partial charge in [-0.3, -0.25) is 4.79 Å². The zero-order valence-electron chi connectivity index (χ0n) is 21.8. The molecule has 0 aliphatic rings. The molecule has 2 rings (SSSR count). The summed E-state index contributed by atoms with van der Waals surface area (Å²) >= 11 is 0. The fraction of sp³-hybridized carbons (Fsp3) is 0.481. The Bertz CT molecular complexity index is 933. The molecule has 2 atom stereocenters. The summed E-state index contributed by atoms with van der Waals surface area (Å²) in [5.74, 6) is 0.636. The Morgan fingerprint density at radius 1 is 0.800 bits per heavy atom. The van der Waals surface area contributed by atoms with Crippen molar-refractivity contribution in [2.45, 2.75) is 64.8 Å². The van der Waals surface area contributed by atoms with Crippen LogP contribution >= 0.6 is 0 Å². The van der Waals surface area contributed by atoms with Crippen molar-refractivity contribution in [2.24, 2.45) is 5.92 Å². The summed E-state index contributed by atoms with van der Waals surface area (Å²) in [5, 5.41) is 17.6. The molecule has 0 saturated heterocycles. The van der Waals surface area contributed by atoms with Crippen molar-refractivity contribution in [1.82, 2.24) is 10.6 Å². The molecule has 192 valence electrons. The number of hydrogen-bond donors (Lipinski definition) is 3. The third-order valence-corrected chi connectivity index (χ3v) is 5.67. The lowest BCUT2D eigenvalue weighted by molar-refractivity contribution is -0.126. The highest BCUT2D eigenvalue weighted by Crippen LogP contribution is 2.35. The third kappa shape index (κ3) is 7.11. The SMILES string of the molecule is COc1ccc(C(O)(c2ccc(OC)cc2)[C@H](C)NC(=O)[C@@H](NC(=O)OC(C)(C)C)C(C)C)cc1. The van der Waals surface area contributed by atoms with E-state index in [0.717, 1.165) is 0 Å². The molecule has 0 saturated carbocycles. The van der Waals surface area contributed by atoms with E-state index in [9.17, 15) is 14.7 Å². The highest BCUT2D eigenvalue weighted by molar-refractivity contribution is 5.86. The number of aliphatic hydroxyl groups is 1. The Labute approximate surface area is 208 Å². The van der Waals surface area contributed by atoms with Crippen molar-refractivity contribution in [2.75, 3.05) is 14.2 Å². The first-order chi connectivity index (χ1) is 16.3. The van der Waals surface area contributed by atoms with Crippen LogP contribution in [0.1, 0.15) is 52.7 Å². The van der Waals surface area contributed by atoms with Crippen LogP contribution in [0.4, 0.5) is 4.79 Å². The lowest BCUT2D eigenvalue weighted by atomic mass is 9.80. The van der Waals surface area contributed by atoms with Crippen LogP contribution in [0.25, 0.3) is 0 Å². The quantitative estimate of drug-likeness (QED) is 0.495. The van der Waals surface area contributed by atoms with Gasteiger partial charge in [-0.1, -0.05) is 38.1 Å². The molecule has 0 fully saturated rings. The minimum absolute atomic E-state index is 0.218. The second-order valence-corrected chi connectivity index (χ2v) is 9.82. The zero-order valence-corrected chi connectivity index (χ0v) is 21.8. The van der Waals surface area contributed by atoms with Gasteiger partial charge in [-0.05, 0) is 69.0 Å². The first-order valence-corrected chi connectivity index (χ1v) is 11.6. The van der Waals surface area contributed by atoms with Gasteiger partial charge in [0.1, 0.15) is 28.7 Å². The van der Waals surface area contributed by atoms with Gasteiger partial charge in [-0.15, -0.1) is 0 Å². The standard InChI is InChI=1S/C27H38N2O6/c1-17(2)23(29-25(31)35-26(4,5)6)24(30)28-18(3)27(32,19-9-13-21(33-7)14-10-19)20-11-15-22(34-8)16-12-20/h9-18,23,32H,1-8H3,(H,28,30)(H,29,31)/t18-,23-/m0/s1. The fourth-order valence-electron chi connectivity index (χ4n) is 3.73. The average Bonchev–Trinajstić information content (AvgIpc) is 2.80. The fourth-order valence-corrected chi connectivity index (χ4v) is 3.73. The first kappa shape index (κ1) is 28.0. The summed E-state index contributed by atoms with van der Waals surface area (Å²) in [6, 6.07) is 12.4. The van der Waals surface area contributed by atoms with E-state index in [1.54, 1.807) is 90.4 Å². The number of ether oxygens (including phenoxy) is 3. The van der Waals surface area contributed by atoms with E-state index in [1.165, 1.54) is 0 Å². The second-order valence-electron chi connectivity index (χ2n) is 9.82. The summed E-state index contributed by atoms with van der Waals surface area (Å²) in [6.45, 7) is 10.6. The van der Waals surface area contributed by atoms with E-state index in [0.29, 0.717) is 22.6 Å². The molecule has 0 heterocycles. The van der Waals surface area contributed by atoms with Crippen molar-refractivity contribution >= 4 is 12.0 Å². The van der Waals surface area contributed by atoms with Gasteiger partial charge in [0.2, 0.25) is 5.91 Å². The molecule has 0 unspecified atom stereocenters. The van der Waals surface area contributed by atoms with Crippen LogP contribution in [-0.2, 0) is 15.1 Å². The highest BCUT2D eigenvalue weighted by atomic mass is 16.6. The van der Waals surface area contributed by atoms with E-state index in [4.69, 9.17) is 14.2 Å². The highest BCUT2D eigenvalue weighted by Gasteiger charge is 2.40. The summed E-state index contributed by atoms with van der Waals surface area (Å²) in [5.41, 5.74) is -1.14. The minimum Gasteiger partial charge on any atom is -0.497 e. The predicted octanol–water partition coefficient (Wildman–Crippen LogP) is 3.99. The number of carbonyl (C=O) groups excluding carboxylic acids is 2. The maximum absolute atomic E-state index is 13.3. The summed E-state index contributed by atoms with van der Waals surface area (Å²) in [4.78, 5) is 25.6. The molecule has 0 spiro atoms. The van der Waals surface area contributed by atoms with E-state index >= 15 is 0 Å². The number of carbonyl (C=O) groups is 2. The van der Waals surface area contributed by atoms with Crippen LogP contribution in [0.5, 0.6) is 11.5 Å². The number of methoxy groups -OCH3 is 2. The zero-order chi connectivity index (χ0) is 26.4. The molecular weight excluding hydrogens is 448 g/mol. The average molecular weight is 487 g/mol. The van der Waals surface area contributed by atoms with Gasteiger partial charge in [-0.2, -0.15) is 0 Å². The van der Waals surface area contributed by atoms with Crippen LogP contribution in [-0.4, -0.2) is 49.0 Å². The number of hydrogen-bond acceptors (Lipinski definition) is 6. The van der Waals surface area contributed by atoms with E-state index in [-0.39, 0.29) is 5.92 Å². The van der Waals surface area contributed by atoms with Crippen molar-refractivity contribution < 1.29 is 28.9 Å². The molecule has 0 radical (unpaired) electrons. The van der Waals surface area contributed by atoms with E-state index in [2.05, 4.69) is 10.6 Å². The van der Waals surface area contributed by atoms with E-state index < -0.39 is 35.3 Å². The van der Waals surface area contributed by atoms with Gasteiger partial charge in [0, 0.05) is 0 Å². The second kappa shape index (κ2) is 11.4. The Hall–Kier alpha value is -3.26. The normalized spacial score (nSPS) is 13.5. The monoisotopic (exact) mass is 486 g/mol. The molecule has 2 aromatic carbocycles. The predicted molar refractivity (Wildman–Crippen MR) is 135 cm³/mol. The van der Waals surface area contributed by atoms with Crippen molar-refractivity contribution in [3.8, 4) is 11.5 Å². The van der Waals surface area contributed by atoms with Crippen molar-refractivity contribution in [3.63, 3.8) is 0 Å². The minimum atomic E-state index is -1.58. The molecule has 0 aliphatic carbocycles. The number of rotatable bonds is 9. The Morgan fingerprint density at radius 2 is 1.23 bits per heavy atom. The van der Waals surface area contributed by atoms with Crippen molar-refractivity contribution in [3.05, 3.63) is 59.7 Å². The third-order valence-electron chi connectivity index (χ3n) is 5.67. The van der Waals surface area contributed by atoms with Crippen molar-refractivity contribution in [1.29, 1.82) is 0 Å². The molecule has 8 nitrogen and oxygen atoms in total. The summed E-state index contributed by atoms with van der Waals surface area (Å²) in [6.07, 6.45) is -0.681. The summed E-state index contributed by atoms with van der Waals surface area (Å²) in [7, 11) is 3.13. The topological polar surface area (TPSA) is 106 Å². The molecule has 8 heteroatoms. The van der Waals surface area contributed by atoms with Gasteiger partial charge >= 0.3 is 6.09 Å². The molecule has 0 aromatic heterocycles. The van der Waals surface area contributed by atoms with Crippen LogP contribution in [0.3, 0.4) is 0 Å². The van der Waals surface area contributed by atoms with Crippen LogP contribution in [0.15, 0.2) is 48.5 Å². The largest absolute Gasteiger partial charge is 0.497 e. The Morgan fingerprint density at radius 3 is 1.57 bits per heavy atom. The van der Waals surface area contributed by atoms with Crippen LogP contribution in [0.2, 0.25) is 0 Å². The molecule has 0 bridgehead atoms. The molecular formula is C27H38N2O6. The number of alkyl carbamates (subject to hydrolysis) is 1. The number of benzene rings is 2. The molecule has 0 aliphatic heterocycles. The maximum atomic E-state index is 13.3. The van der Waals surface area contributed by atoms with Crippen LogP contribution in [0, 0.1) is 5.92 Å². The van der Waals surface area contributed by atoms with Gasteiger partial charge in [0.15, 0.2) is 0 Å². The molecule has 2 aromatic rings. The number of amides is 2. The van der Waals surface area contributed by atoms with Gasteiger partial charge < -0.3 is 30.0 Å². The smallest absolute Gasteiger partial charge is 0.408 e. The molecule has 35 heavy (non-hydrogen) atoms. The maximum Gasteiger partial charge on any atom is 0.408 e. The molecule has 2 amide bonds. The van der Waals surface area contributed by atoms with E-state index in [1.807, 2.05) is 13.8 Å².